The Bertz CT molecular complexity index is 778. The molecule has 3 rings (SSSR count). The molecule has 0 aliphatic rings. The Labute approximate surface area is 168 Å². The molecule has 3 nitrogen and oxygen atoms in total. The van der Waals surface area contributed by atoms with Crippen LogP contribution in [0.3, 0.4) is 0 Å². The zero-order valence-electron chi connectivity index (χ0n) is 14.4. The number of hydrogen-bond donors (Lipinski definition) is 1. The summed E-state index contributed by atoms with van der Waals surface area (Å²) < 4.78 is 1.15. The highest BCUT2D eigenvalue weighted by Crippen LogP contribution is 2.13. The third-order valence-electron chi connectivity index (χ3n) is 3.99. The van der Waals surface area contributed by atoms with Crippen LogP contribution in [0.5, 0.6) is 0 Å². The van der Waals surface area contributed by atoms with Gasteiger partial charge in [0.15, 0.2) is 0 Å². The van der Waals surface area contributed by atoms with Crippen LogP contribution in [0.2, 0.25) is 0 Å². The minimum atomic E-state index is -0.00179. The summed E-state index contributed by atoms with van der Waals surface area (Å²) in [4.78, 5) is 14.7. The SMILES string of the molecule is O=C(CN(Cc1ccccc1)Cc1ccccc1)Nc1ccc(I)cc1. The van der Waals surface area contributed by atoms with Gasteiger partial charge in [-0.05, 0) is 58.0 Å². The summed E-state index contributed by atoms with van der Waals surface area (Å²) in [5, 5.41) is 2.99. The monoisotopic (exact) mass is 456 g/mol. The van der Waals surface area contributed by atoms with E-state index < -0.39 is 0 Å². The second-order valence-corrected chi connectivity index (χ2v) is 7.42. The Kier molecular flexibility index (Phi) is 6.80. The van der Waals surface area contributed by atoms with Crippen LogP contribution in [-0.2, 0) is 17.9 Å². The van der Waals surface area contributed by atoms with Crippen LogP contribution < -0.4 is 5.32 Å². The predicted molar refractivity (Wildman–Crippen MR) is 115 cm³/mol. The van der Waals surface area contributed by atoms with E-state index in [-0.39, 0.29) is 5.91 Å². The topological polar surface area (TPSA) is 32.3 Å². The highest BCUT2D eigenvalue weighted by molar-refractivity contribution is 14.1. The first-order valence-corrected chi connectivity index (χ1v) is 9.62. The van der Waals surface area contributed by atoms with Gasteiger partial charge in [-0.3, -0.25) is 9.69 Å². The van der Waals surface area contributed by atoms with E-state index in [1.807, 2.05) is 60.7 Å². The predicted octanol–water partition coefficient (Wildman–Crippen LogP) is 4.93. The molecule has 132 valence electrons. The van der Waals surface area contributed by atoms with E-state index in [9.17, 15) is 4.79 Å². The van der Waals surface area contributed by atoms with Crippen molar-refractivity contribution in [3.05, 3.63) is 99.6 Å². The quantitative estimate of drug-likeness (QED) is 0.512. The Balaban J connectivity index is 1.67. The van der Waals surface area contributed by atoms with Gasteiger partial charge < -0.3 is 5.32 Å². The summed E-state index contributed by atoms with van der Waals surface area (Å²) in [6, 6.07) is 28.3. The van der Waals surface area contributed by atoms with Crippen LogP contribution >= 0.6 is 22.6 Å². The fourth-order valence-corrected chi connectivity index (χ4v) is 3.15. The van der Waals surface area contributed by atoms with Crippen molar-refractivity contribution in [2.45, 2.75) is 13.1 Å². The molecular weight excluding hydrogens is 435 g/mol. The lowest BCUT2D eigenvalue weighted by Gasteiger charge is -2.22. The minimum Gasteiger partial charge on any atom is -0.325 e. The average Bonchev–Trinajstić information content (AvgIpc) is 2.65. The molecule has 3 aromatic rings. The maximum Gasteiger partial charge on any atom is 0.238 e. The highest BCUT2D eigenvalue weighted by atomic mass is 127. The van der Waals surface area contributed by atoms with Gasteiger partial charge in [-0.15, -0.1) is 0 Å². The van der Waals surface area contributed by atoms with E-state index in [4.69, 9.17) is 0 Å². The molecule has 0 aliphatic carbocycles. The van der Waals surface area contributed by atoms with Crippen molar-refractivity contribution in [3.63, 3.8) is 0 Å². The van der Waals surface area contributed by atoms with Gasteiger partial charge in [0.05, 0.1) is 6.54 Å². The standard InChI is InChI=1S/C22H21IN2O/c23-20-11-13-21(14-12-20)24-22(26)17-25(15-18-7-3-1-4-8-18)16-19-9-5-2-6-10-19/h1-14H,15-17H2,(H,24,26). The molecule has 1 N–H and O–H groups in total. The molecule has 0 saturated carbocycles. The van der Waals surface area contributed by atoms with Gasteiger partial charge in [0.2, 0.25) is 5.91 Å². The van der Waals surface area contributed by atoms with Gasteiger partial charge >= 0.3 is 0 Å². The van der Waals surface area contributed by atoms with Crippen molar-refractivity contribution in [1.82, 2.24) is 4.90 Å². The Morgan fingerprint density at radius 2 is 1.27 bits per heavy atom. The molecule has 0 atom stereocenters. The van der Waals surface area contributed by atoms with Gasteiger partial charge in [-0.2, -0.15) is 0 Å². The summed E-state index contributed by atoms with van der Waals surface area (Å²) in [5.74, 6) is -0.00179. The van der Waals surface area contributed by atoms with Gasteiger partial charge in [0, 0.05) is 22.3 Å². The number of carbonyl (C=O) groups excluding carboxylic acids is 1. The number of halogens is 1. The largest absolute Gasteiger partial charge is 0.325 e. The number of nitrogens with zero attached hydrogens (tertiary/aromatic N) is 1. The molecule has 0 spiro atoms. The van der Waals surface area contributed by atoms with E-state index >= 15 is 0 Å². The van der Waals surface area contributed by atoms with E-state index in [0.717, 1.165) is 22.3 Å². The third kappa shape index (κ3) is 5.97. The lowest BCUT2D eigenvalue weighted by Crippen LogP contribution is -2.32. The fraction of sp³-hybridized carbons (Fsp3) is 0.136. The van der Waals surface area contributed by atoms with Gasteiger partial charge in [-0.1, -0.05) is 60.7 Å². The zero-order valence-corrected chi connectivity index (χ0v) is 16.6. The van der Waals surface area contributed by atoms with Crippen LogP contribution in [0.1, 0.15) is 11.1 Å². The number of nitrogens with one attached hydrogen (secondary N) is 1. The molecule has 0 radical (unpaired) electrons. The second-order valence-electron chi connectivity index (χ2n) is 6.17. The molecule has 0 aliphatic heterocycles. The molecule has 1 amide bonds. The van der Waals surface area contributed by atoms with E-state index in [1.54, 1.807) is 0 Å². The molecule has 0 fully saturated rings. The number of rotatable bonds is 7. The van der Waals surface area contributed by atoms with Crippen molar-refractivity contribution in [1.29, 1.82) is 0 Å². The van der Waals surface area contributed by atoms with Crippen LogP contribution in [-0.4, -0.2) is 17.4 Å². The van der Waals surface area contributed by atoms with Crippen molar-refractivity contribution < 1.29 is 4.79 Å². The third-order valence-corrected chi connectivity index (χ3v) is 4.71. The summed E-state index contributed by atoms with van der Waals surface area (Å²) in [7, 11) is 0. The Hall–Kier alpha value is -2.18. The van der Waals surface area contributed by atoms with Crippen LogP contribution in [0, 0.1) is 3.57 Å². The zero-order chi connectivity index (χ0) is 18.2. The lowest BCUT2D eigenvalue weighted by atomic mass is 10.1. The first-order valence-electron chi connectivity index (χ1n) is 8.55. The van der Waals surface area contributed by atoms with Gasteiger partial charge in [0.25, 0.3) is 0 Å². The van der Waals surface area contributed by atoms with Crippen LogP contribution in [0.25, 0.3) is 0 Å². The van der Waals surface area contributed by atoms with Crippen molar-refractivity contribution in [2.24, 2.45) is 0 Å². The number of carbonyl (C=O) groups is 1. The molecule has 0 heterocycles. The van der Waals surface area contributed by atoms with E-state index in [2.05, 4.69) is 57.1 Å². The Morgan fingerprint density at radius 3 is 1.77 bits per heavy atom. The average molecular weight is 456 g/mol. The van der Waals surface area contributed by atoms with Crippen molar-refractivity contribution >= 4 is 34.2 Å². The summed E-state index contributed by atoms with van der Waals surface area (Å²) in [6.07, 6.45) is 0. The first-order chi connectivity index (χ1) is 12.7. The van der Waals surface area contributed by atoms with E-state index in [1.165, 1.54) is 11.1 Å². The van der Waals surface area contributed by atoms with Crippen molar-refractivity contribution in [3.8, 4) is 0 Å². The lowest BCUT2D eigenvalue weighted by molar-refractivity contribution is -0.117. The fourth-order valence-electron chi connectivity index (χ4n) is 2.79. The molecule has 4 heteroatoms. The van der Waals surface area contributed by atoms with Crippen LogP contribution in [0.15, 0.2) is 84.9 Å². The highest BCUT2D eigenvalue weighted by Gasteiger charge is 2.12. The van der Waals surface area contributed by atoms with Gasteiger partial charge in [-0.25, -0.2) is 0 Å². The summed E-state index contributed by atoms with van der Waals surface area (Å²) >= 11 is 2.25. The minimum absolute atomic E-state index is 0.00179. The molecule has 3 aromatic carbocycles. The van der Waals surface area contributed by atoms with Gasteiger partial charge in [0.1, 0.15) is 0 Å². The second kappa shape index (κ2) is 9.50. The Morgan fingerprint density at radius 1 is 0.769 bits per heavy atom. The number of benzene rings is 3. The molecule has 26 heavy (non-hydrogen) atoms. The molecule has 0 saturated heterocycles. The maximum atomic E-state index is 12.5. The number of amides is 1. The molecular formula is C22H21IN2O. The van der Waals surface area contributed by atoms with Crippen molar-refractivity contribution in [2.75, 3.05) is 11.9 Å². The number of anilines is 1. The van der Waals surface area contributed by atoms with E-state index in [0.29, 0.717) is 6.54 Å². The molecule has 0 bridgehead atoms. The normalized spacial score (nSPS) is 10.7. The first kappa shape index (κ1) is 18.6. The molecule has 0 unspecified atom stereocenters. The van der Waals surface area contributed by atoms with Crippen LogP contribution in [0.4, 0.5) is 5.69 Å². The summed E-state index contributed by atoms with van der Waals surface area (Å²) in [6.45, 7) is 1.81. The summed E-state index contributed by atoms with van der Waals surface area (Å²) in [5.41, 5.74) is 3.23. The number of hydrogen-bond acceptors (Lipinski definition) is 2. The maximum absolute atomic E-state index is 12.5. The smallest absolute Gasteiger partial charge is 0.238 e. The molecule has 0 aromatic heterocycles.